The average molecular weight is 657 g/mol. The zero-order valence-electron chi connectivity index (χ0n) is 21.5. The Morgan fingerprint density at radius 2 is 1.82 bits per heavy atom. The summed E-state index contributed by atoms with van der Waals surface area (Å²) in [5, 5.41) is 16.1. The summed E-state index contributed by atoms with van der Waals surface area (Å²) in [4.78, 5) is 32.2. The van der Waals surface area contributed by atoms with Gasteiger partial charge >= 0.3 is 6.18 Å². The molecule has 0 aliphatic rings. The lowest BCUT2D eigenvalue weighted by atomic mass is 10.0. The number of benzene rings is 2. The van der Waals surface area contributed by atoms with E-state index in [9.17, 15) is 22.8 Å². The fourth-order valence-electron chi connectivity index (χ4n) is 3.63. The molecule has 0 bridgehead atoms. The van der Waals surface area contributed by atoms with Gasteiger partial charge in [0.2, 0.25) is 0 Å². The third-order valence-electron chi connectivity index (χ3n) is 5.26. The number of amides is 2. The second-order valence-corrected chi connectivity index (χ2v) is 12.1. The lowest BCUT2D eigenvalue weighted by molar-refractivity contribution is -0.145. The summed E-state index contributed by atoms with van der Waals surface area (Å²) in [5.74, 6) is -2.36. The van der Waals surface area contributed by atoms with Crippen LogP contribution in [0.2, 0.25) is 5.02 Å². The molecular weight excluding hydrogens is 635 g/mol. The molecule has 2 N–H and O–H groups in total. The SMILES string of the molecule is Cc1cc(Br)cc(C(=O)NC(C)(C)C)c1NC(=O)c1sc(Cn2nnc(C(F)(F)F)n2)nc1-c1ccccc1Cl. The maximum atomic E-state index is 13.7. The van der Waals surface area contributed by atoms with Crippen LogP contribution in [0.4, 0.5) is 18.9 Å². The minimum absolute atomic E-state index is 0.128. The van der Waals surface area contributed by atoms with Gasteiger partial charge in [0.1, 0.15) is 16.4 Å². The second kappa shape index (κ2) is 11.3. The average Bonchev–Trinajstić information content (AvgIpc) is 3.47. The van der Waals surface area contributed by atoms with Crippen molar-refractivity contribution in [2.24, 2.45) is 0 Å². The van der Waals surface area contributed by atoms with Crippen molar-refractivity contribution >= 4 is 56.4 Å². The van der Waals surface area contributed by atoms with Gasteiger partial charge in [-0.1, -0.05) is 45.7 Å². The van der Waals surface area contributed by atoms with Crippen LogP contribution >= 0.6 is 38.9 Å². The summed E-state index contributed by atoms with van der Waals surface area (Å²) in [5.41, 5.74) is 1.29. The van der Waals surface area contributed by atoms with Gasteiger partial charge in [-0.05, 0) is 56.7 Å². The predicted octanol–water partition coefficient (Wildman–Crippen LogP) is 6.37. The summed E-state index contributed by atoms with van der Waals surface area (Å²) in [6.45, 7) is 6.99. The first kappa shape index (κ1) is 29.6. The van der Waals surface area contributed by atoms with Crippen molar-refractivity contribution < 1.29 is 22.8 Å². The molecule has 9 nitrogen and oxygen atoms in total. The lowest BCUT2D eigenvalue weighted by Crippen LogP contribution is -2.41. The minimum atomic E-state index is -4.76. The zero-order chi connectivity index (χ0) is 29.4. The molecule has 210 valence electrons. The molecule has 0 spiro atoms. The number of carbonyl (C=O) groups excluding carboxylic acids is 2. The standard InChI is InChI=1S/C25H22BrClF3N7O2S/c1-12-9-13(26)10-15(21(38)33-24(2,3)4)18(12)32-22(39)20-19(14-7-5-6-8-16(14)27)31-17(40-20)11-37-35-23(34-36-37)25(28,29)30/h5-10H,11H2,1-4H3,(H,32,39)(H,33,38). The van der Waals surface area contributed by atoms with Crippen molar-refractivity contribution in [3.05, 3.63) is 72.7 Å². The normalized spacial score (nSPS) is 11.9. The fourth-order valence-corrected chi connectivity index (χ4v) is 5.38. The molecule has 0 aliphatic carbocycles. The van der Waals surface area contributed by atoms with Crippen LogP contribution in [0.3, 0.4) is 0 Å². The van der Waals surface area contributed by atoms with Crippen LogP contribution in [-0.4, -0.2) is 42.5 Å². The number of nitrogens with zero attached hydrogens (tertiary/aromatic N) is 5. The van der Waals surface area contributed by atoms with Crippen LogP contribution in [0.5, 0.6) is 0 Å². The van der Waals surface area contributed by atoms with Crippen LogP contribution in [0.15, 0.2) is 40.9 Å². The van der Waals surface area contributed by atoms with E-state index in [-0.39, 0.29) is 33.6 Å². The molecule has 0 saturated heterocycles. The summed E-state index contributed by atoms with van der Waals surface area (Å²) in [6.07, 6.45) is -4.76. The van der Waals surface area contributed by atoms with Crippen molar-refractivity contribution in [1.82, 2.24) is 30.5 Å². The predicted molar refractivity (Wildman–Crippen MR) is 149 cm³/mol. The lowest BCUT2D eigenvalue weighted by Gasteiger charge is -2.22. The van der Waals surface area contributed by atoms with Crippen molar-refractivity contribution in [2.75, 3.05) is 5.32 Å². The van der Waals surface area contributed by atoms with Crippen LogP contribution < -0.4 is 10.6 Å². The van der Waals surface area contributed by atoms with Crippen molar-refractivity contribution in [3.63, 3.8) is 0 Å². The first-order valence-electron chi connectivity index (χ1n) is 11.7. The fraction of sp³-hybridized carbons (Fsp3) is 0.280. The Bertz CT molecular complexity index is 1600. The number of carbonyl (C=O) groups is 2. The van der Waals surface area contributed by atoms with Gasteiger partial charge in [-0.3, -0.25) is 9.59 Å². The number of alkyl halides is 3. The van der Waals surface area contributed by atoms with Gasteiger partial charge in [0.15, 0.2) is 0 Å². The van der Waals surface area contributed by atoms with Gasteiger partial charge in [-0.15, -0.1) is 21.5 Å². The Morgan fingerprint density at radius 3 is 2.45 bits per heavy atom. The molecule has 0 radical (unpaired) electrons. The number of tetrazole rings is 1. The highest BCUT2D eigenvalue weighted by Gasteiger charge is 2.37. The number of aromatic nitrogens is 5. The highest BCUT2D eigenvalue weighted by Crippen LogP contribution is 2.35. The van der Waals surface area contributed by atoms with Gasteiger partial charge in [-0.2, -0.15) is 18.0 Å². The number of aryl methyl sites for hydroxylation is 1. The Kier molecular flexibility index (Phi) is 8.33. The van der Waals surface area contributed by atoms with Crippen LogP contribution in [0, 0.1) is 6.92 Å². The largest absolute Gasteiger partial charge is 0.455 e. The number of rotatable bonds is 6. The molecule has 2 heterocycles. The molecule has 0 saturated carbocycles. The summed E-state index contributed by atoms with van der Waals surface area (Å²) in [7, 11) is 0. The van der Waals surface area contributed by atoms with Crippen LogP contribution in [0.25, 0.3) is 11.3 Å². The molecule has 4 aromatic rings. The quantitative estimate of drug-likeness (QED) is 0.249. The third kappa shape index (κ3) is 6.85. The smallest absolute Gasteiger partial charge is 0.347 e. The molecule has 0 aliphatic heterocycles. The molecule has 2 aromatic carbocycles. The van der Waals surface area contributed by atoms with E-state index in [1.54, 1.807) is 43.3 Å². The van der Waals surface area contributed by atoms with Crippen LogP contribution in [0.1, 0.15) is 57.2 Å². The van der Waals surface area contributed by atoms with E-state index in [0.29, 0.717) is 26.3 Å². The summed E-state index contributed by atoms with van der Waals surface area (Å²) >= 11 is 10.7. The minimum Gasteiger partial charge on any atom is -0.347 e. The number of halogens is 5. The number of hydrogen-bond acceptors (Lipinski definition) is 7. The maximum Gasteiger partial charge on any atom is 0.455 e. The molecule has 4 rings (SSSR count). The first-order chi connectivity index (χ1) is 18.6. The summed E-state index contributed by atoms with van der Waals surface area (Å²) < 4.78 is 39.5. The maximum absolute atomic E-state index is 13.7. The third-order valence-corrected chi connectivity index (χ3v) is 7.09. The van der Waals surface area contributed by atoms with Crippen molar-refractivity contribution in [2.45, 2.75) is 46.0 Å². The van der Waals surface area contributed by atoms with Gasteiger partial charge in [0.25, 0.3) is 17.6 Å². The number of hydrogen-bond donors (Lipinski definition) is 2. The highest BCUT2D eigenvalue weighted by molar-refractivity contribution is 9.10. The highest BCUT2D eigenvalue weighted by atomic mass is 79.9. The Labute approximate surface area is 244 Å². The topological polar surface area (TPSA) is 115 Å². The number of anilines is 1. The van der Waals surface area contributed by atoms with Crippen molar-refractivity contribution in [3.8, 4) is 11.3 Å². The number of thiazole rings is 1. The van der Waals surface area contributed by atoms with E-state index >= 15 is 0 Å². The zero-order valence-corrected chi connectivity index (χ0v) is 24.7. The molecule has 2 amide bonds. The molecule has 0 atom stereocenters. The van der Waals surface area contributed by atoms with Crippen LogP contribution in [-0.2, 0) is 12.7 Å². The molecular formula is C25H22BrClF3N7O2S. The van der Waals surface area contributed by atoms with Gasteiger partial charge in [0.05, 0.1) is 22.0 Å². The number of nitrogens with one attached hydrogen (secondary N) is 2. The van der Waals surface area contributed by atoms with E-state index in [2.05, 4.69) is 47.0 Å². The van der Waals surface area contributed by atoms with Gasteiger partial charge < -0.3 is 10.6 Å². The molecule has 15 heteroatoms. The van der Waals surface area contributed by atoms with E-state index in [1.165, 1.54) is 0 Å². The molecule has 40 heavy (non-hydrogen) atoms. The van der Waals surface area contributed by atoms with Gasteiger partial charge in [-0.25, -0.2) is 4.98 Å². The Morgan fingerprint density at radius 1 is 1.12 bits per heavy atom. The Balaban J connectivity index is 1.74. The van der Waals surface area contributed by atoms with E-state index in [1.807, 2.05) is 20.8 Å². The summed E-state index contributed by atoms with van der Waals surface area (Å²) in [6, 6.07) is 10.1. The second-order valence-electron chi connectivity index (χ2n) is 9.71. The van der Waals surface area contributed by atoms with E-state index < -0.39 is 23.4 Å². The van der Waals surface area contributed by atoms with Crippen molar-refractivity contribution in [1.29, 1.82) is 0 Å². The van der Waals surface area contributed by atoms with E-state index in [0.717, 1.165) is 16.1 Å². The monoisotopic (exact) mass is 655 g/mol. The Hall–Kier alpha value is -3.36. The first-order valence-corrected chi connectivity index (χ1v) is 13.6. The molecule has 2 aromatic heterocycles. The molecule has 0 fully saturated rings. The van der Waals surface area contributed by atoms with E-state index in [4.69, 9.17) is 11.6 Å². The molecule has 0 unspecified atom stereocenters. The van der Waals surface area contributed by atoms with Gasteiger partial charge in [0, 0.05) is 15.6 Å².